The van der Waals surface area contributed by atoms with Crippen molar-refractivity contribution in [2.45, 2.75) is 45.2 Å². The highest BCUT2D eigenvalue weighted by molar-refractivity contribution is 5.34. The van der Waals surface area contributed by atoms with Gasteiger partial charge in [0.25, 0.3) is 5.56 Å². The molecule has 24 heavy (non-hydrogen) atoms. The number of aromatic amines is 2. The summed E-state index contributed by atoms with van der Waals surface area (Å²) < 4.78 is 0. The van der Waals surface area contributed by atoms with Gasteiger partial charge in [-0.3, -0.25) is 14.7 Å². The number of aromatic nitrogens is 4. The fraction of sp³-hybridized carbons (Fsp3) is 0.588. The van der Waals surface area contributed by atoms with Gasteiger partial charge < -0.3 is 9.88 Å². The number of hydrogen-bond acceptors (Lipinski definition) is 5. The lowest BCUT2D eigenvalue weighted by molar-refractivity contribution is 0.239. The standard InChI is InChI=1S/C17H24N6O/c24-16-14-11-22(10-13-9-18-12-19-13)8-5-15(14)20-17(21-16)23-6-3-1-2-4-7-23/h9,12H,1-8,10-11H2,(H,18,19)(H,20,21,24). The highest BCUT2D eigenvalue weighted by Crippen LogP contribution is 2.19. The normalized spacial score (nSPS) is 19.1. The van der Waals surface area contributed by atoms with Crippen molar-refractivity contribution in [2.24, 2.45) is 0 Å². The molecule has 0 bridgehead atoms. The van der Waals surface area contributed by atoms with Crippen molar-refractivity contribution >= 4 is 5.95 Å². The van der Waals surface area contributed by atoms with Gasteiger partial charge in [0.2, 0.25) is 5.95 Å². The second-order valence-corrected chi connectivity index (χ2v) is 6.75. The summed E-state index contributed by atoms with van der Waals surface area (Å²) in [6.07, 6.45) is 9.25. The van der Waals surface area contributed by atoms with Crippen LogP contribution in [0.15, 0.2) is 17.3 Å². The molecule has 0 aliphatic carbocycles. The first-order chi connectivity index (χ1) is 11.8. The van der Waals surface area contributed by atoms with Crippen LogP contribution < -0.4 is 10.5 Å². The molecule has 2 aliphatic rings. The molecule has 1 fully saturated rings. The number of rotatable bonds is 3. The van der Waals surface area contributed by atoms with E-state index in [-0.39, 0.29) is 5.56 Å². The maximum atomic E-state index is 12.6. The Balaban J connectivity index is 1.53. The predicted molar refractivity (Wildman–Crippen MR) is 91.9 cm³/mol. The van der Waals surface area contributed by atoms with Gasteiger partial charge in [0.15, 0.2) is 0 Å². The quantitative estimate of drug-likeness (QED) is 0.891. The van der Waals surface area contributed by atoms with Crippen molar-refractivity contribution in [1.29, 1.82) is 0 Å². The van der Waals surface area contributed by atoms with E-state index in [0.717, 1.165) is 55.5 Å². The Morgan fingerprint density at radius 3 is 2.71 bits per heavy atom. The van der Waals surface area contributed by atoms with Gasteiger partial charge in [-0.1, -0.05) is 12.8 Å². The first-order valence-corrected chi connectivity index (χ1v) is 8.86. The number of imidazole rings is 1. The van der Waals surface area contributed by atoms with Crippen molar-refractivity contribution in [1.82, 2.24) is 24.8 Å². The van der Waals surface area contributed by atoms with Crippen molar-refractivity contribution < 1.29 is 0 Å². The molecule has 0 amide bonds. The maximum Gasteiger partial charge on any atom is 0.257 e. The molecule has 7 nitrogen and oxygen atoms in total. The Morgan fingerprint density at radius 2 is 1.96 bits per heavy atom. The molecular formula is C17H24N6O. The van der Waals surface area contributed by atoms with Gasteiger partial charge in [0.05, 0.1) is 17.6 Å². The number of nitrogens with zero attached hydrogens (tertiary/aromatic N) is 4. The first kappa shape index (κ1) is 15.4. The SMILES string of the molecule is O=c1[nH]c(N2CCCCCC2)nc2c1CN(Cc1cnc[nH]1)CC2. The van der Waals surface area contributed by atoms with Gasteiger partial charge in [0.1, 0.15) is 0 Å². The minimum Gasteiger partial charge on any atom is -0.347 e. The van der Waals surface area contributed by atoms with Crippen LogP contribution in [0.2, 0.25) is 0 Å². The van der Waals surface area contributed by atoms with Gasteiger partial charge in [-0.05, 0) is 12.8 Å². The van der Waals surface area contributed by atoms with Crippen LogP contribution >= 0.6 is 0 Å². The van der Waals surface area contributed by atoms with Crippen LogP contribution in [0.4, 0.5) is 5.95 Å². The summed E-state index contributed by atoms with van der Waals surface area (Å²) in [6, 6.07) is 0. The molecule has 4 rings (SSSR count). The molecule has 128 valence electrons. The fourth-order valence-corrected chi connectivity index (χ4v) is 3.65. The monoisotopic (exact) mass is 328 g/mol. The van der Waals surface area contributed by atoms with E-state index in [4.69, 9.17) is 4.98 Å². The minimum absolute atomic E-state index is 0.0218. The van der Waals surface area contributed by atoms with Gasteiger partial charge in [-0.2, -0.15) is 0 Å². The third-order valence-corrected chi connectivity index (χ3v) is 4.99. The van der Waals surface area contributed by atoms with Crippen LogP contribution in [0.25, 0.3) is 0 Å². The lowest BCUT2D eigenvalue weighted by Crippen LogP contribution is -2.37. The summed E-state index contributed by atoms with van der Waals surface area (Å²) in [5, 5.41) is 0. The van der Waals surface area contributed by atoms with Gasteiger partial charge in [-0.15, -0.1) is 0 Å². The Labute approximate surface area is 141 Å². The van der Waals surface area contributed by atoms with Gasteiger partial charge in [-0.25, -0.2) is 9.97 Å². The van der Waals surface area contributed by atoms with Crippen LogP contribution in [-0.2, 0) is 19.5 Å². The summed E-state index contributed by atoms with van der Waals surface area (Å²) in [6.45, 7) is 4.34. The lowest BCUT2D eigenvalue weighted by atomic mass is 10.1. The van der Waals surface area contributed by atoms with Crippen molar-refractivity contribution in [3.8, 4) is 0 Å². The molecule has 4 heterocycles. The summed E-state index contributed by atoms with van der Waals surface area (Å²) in [4.78, 5) is 32.1. The van der Waals surface area contributed by atoms with E-state index in [1.54, 1.807) is 6.33 Å². The molecule has 0 unspecified atom stereocenters. The Kier molecular flexibility index (Phi) is 4.34. The fourth-order valence-electron chi connectivity index (χ4n) is 3.65. The number of fused-ring (bicyclic) bond motifs is 1. The third-order valence-electron chi connectivity index (χ3n) is 4.99. The van der Waals surface area contributed by atoms with Crippen molar-refractivity contribution in [2.75, 3.05) is 24.5 Å². The molecule has 2 N–H and O–H groups in total. The molecule has 0 radical (unpaired) electrons. The van der Waals surface area contributed by atoms with Crippen LogP contribution in [0.3, 0.4) is 0 Å². The Bertz CT molecular complexity index is 730. The number of anilines is 1. The smallest absolute Gasteiger partial charge is 0.257 e. The van der Waals surface area contributed by atoms with Gasteiger partial charge in [0, 0.05) is 51.0 Å². The predicted octanol–water partition coefficient (Wildman–Crippen LogP) is 1.43. The number of nitrogens with one attached hydrogen (secondary N) is 2. The van der Waals surface area contributed by atoms with Crippen LogP contribution in [0.1, 0.15) is 42.6 Å². The average Bonchev–Trinajstić information content (AvgIpc) is 2.94. The molecule has 0 aromatic carbocycles. The van der Waals surface area contributed by atoms with Crippen molar-refractivity contribution in [3.05, 3.63) is 39.8 Å². The summed E-state index contributed by atoms with van der Waals surface area (Å²) in [7, 11) is 0. The molecule has 7 heteroatoms. The van der Waals surface area contributed by atoms with E-state index in [2.05, 4.69) is 24.8 Å². The average molecular weight is 328 g/mol. The Hall–Kier alpha value is -2.15. The molecule has 1 saturated heterocycles. The van der Waals surface area contributed by atoms with E-state index in [1.165, 1.54) is 25.7 Å². The second kappa shape index (κ2) is 6.76. The molecule has 2 aromatic heterocycles. The van der Waals surface area contributed by atoms with Crippen LogP contribution in [-0.4, -0.2) is 44.5 Å². The zero-order chi connectivity index (χ0) is 16.4. The minimum atomic E-state index is 0.0218. The topological polar surface area (TPSA) is 80.9 Å². The Morgan fingerprint density at radius 1 is 1.12 bits per heavy atom. The van der Waals surface area contributed by atoms with E-state index < -0.39 is 0 Å². The molecule has 2 aromatic rings. The highest BCUT2D eigenvalue weighted by Gasteiger charge is 2.23. The van der Waals surface area contributed by atoms with E-state index in [1.807, 2.05) is 6.20 Å². The van der Waals surface area contributed by atoms with E-state index in [0.29, 0.717) is 6.54 Å². The molecule has 0 saturated carbocycles. The molecule has 0 spiro atoms. The zero-order valence-corrected chi connectivity index (χ0v) is 13.9. The summed E-state index contributed by atoms with van der Waals surface area (Å²) >= 11 is 0. The summed E-state index contributed by atoms with van der Waals surface area (Å²) in [5.41, 5.74) is 2.88. The third kappa shape index (κ3) is 3.21. The summed E-state index contributed by atoms with van der Waals surface area (Å²) in [5.74, 6) is 0.766. The van der Waals surface area contributed by atoms with Crippen LogP contribution in [0, 0.1) is 0 Å². The molecule has 2 aliphatic heterocycles. The largest absolute Gasteiger partial charge is 0.347 e. The van der Waals surface area contributed by atoms with Crippen LogP contribution in [0.5, 0.6) is 0 Å². The second-order valence-electron chi connectivity index (χ2n) is 6.75. The lowest BCUT2D eigenvalue weighted by Gasteiger charge is -2.28. The van der Waals surface area contributed by atoms with E-state index >= 15 is 0 Å². The number of hydrogen-bond donors (Lipinski definition) is 2. The molecule has 0 atom stereocenters. The molecular weight excluding hydrogens is 304 g/mol. The van der Waals surface area contributed by atoms with Gasteiger partial charge >= 0.3 is 0 Å². The first-order valence-electron chi connectivity index (χ1n) is 8.86. The number of H-pyrrole nitrogens is 2. The maximum absolute atomic E-state index is 12.6. The van der Waals surface area contributed by atoms with Crippen molar-refractivity contribution in [3.63, 3.8) is 0 Å². The zero-order valence-electron chi connectivity index (χ0n) is 13.9. The van der Waals surface area contributed by atoms with E-state index in [9.17, 15) is 4.79 Å². The highest BCUT2D eigenvalue weighted by atomic mass is 16.1.